The van der Waals surface area contributed by atoms with Crippen LogP contribution in [0.2, 0.25) is 0 Å². The van der Waals surface area contributed by atoms with E-state index < -0.39 is 11.4 Å². The number of benzene rings is 2. The van der Waals surface area contributed by atoms with Gasteiger partial charge in [0.25, 0.3) is 5.91 Å². The molecule has 1 aliphatic heterocycles. The van der Waals surface area contributed by atoms with Crippen molar-refractivity contribution in [2.45, 2.75) is 19.4 Å². The first-order chi connectivity index (χ1) is 12.8. The molecule has 138 valence electrons. The lowest BCUT2D eigenvalue weighted by atomic mass is 9.86. The number of nitrogens with zero attached hydrogens (tertiary/aromatic N) is 1. The van der Waals surface area contributed by atoms with Crippen molar-refractivity contribution in [3.63, 3.8) is 0 Å². The molecule has 0 saturated heterocycles. The maximum Gasteiger partial charge on any atom is 0.259 e. The molecule has 0 N–H and O–H groups in total. The van der Waals surface area contributed by atoms with Gasteiger partial charge in [-0.1, -0.05) is 39.0 Å². The first-order valence-corrected chi connectivity index (χ1v) is 10.8. The molecule has 0 unspecified atom stereocenters. The first kappa shape index (κ1) is 18.3. The molecule has 7 heteroatoms. The Morgan fingerprint density at radius 2 is 1.96 bits per heavy atom. The Balaban J connectivity index is 1.98. The van der Waals surface area contributed by atoms with Gasteiger partial charge < -0.3 is 4.74 Å². The largest absolute Gasteiger partial charge is 0.497 e. The number of carbonyl (C=O) groups excluding carboxylic acids is 1. The van der Waals surface area contributed by atoms with Gasteiger partial charge in [0.15, 0.2) is 0 Å². The van der Waals surface area contributed by atoms with Crippen LogP contribution in [-0.2, 0) is 5.54 Å². The summed E-state index contributed by atoms with van der Waals surface area (Å²) in [5.74, 6) is 0.0153. The molecule has 3 aromatic rings. The van der Waals surface area contributed by atoms with Gasteiger partial charge >= 0.3 is 0 Å². The number of rotatable bonds is 2. The van der Waals surface area contributed by atoms with Gasteiger partial charge in [0.2, 0.25) is 0 Å². The van der Waals surface area contributed by atoms with Crippen LogP contribution in [0.25, 0.3) is 11.1 Å². The molecule has 1 amide bonds. The van der Waals surface area contributed by atoms with Gasteiger partial charge in [-0.2, -0.15) is 0 Å². The third kappa shape index (κ3) is 2.81. The molecule has 0 radical (unpaired) electrons. The molecule has 0 fully saturated rings. The number of halogens is 1. The number of fused-ring (bicyclic) bond motifs is 3. The third-order valence-corrected chi connectivity index (χ3v) is 8.06. The second-order valence-corrected chi connectivity index (χ2v) is 9.57. The fourth-order valence-electron chi connectivity index (χ4n) is 3.45. The molecule has 0 spiro atoms. The van der Waals surface area contributed by atoms with Crippen LogP contribution in [0, 0.1) is 9.64 Å². The zero-order valence-corrected chi connectivity index (χ0v) is 17.4. The number of anilines is 1. The molecule has 3 nitrogen and oxygen atoms in total. The van der Waals surface area contributed by atoms with Gasteiger partial charge in [-0.25, -0.2) is 4.39 Å². The Bertz CT molecular complexity index is 1120. The highest BCUT2D eigenvalue weighted by molar-refractivity contribution is 7.80. The van der Waals surface area contributed by atoms with E-state index in [9.17, 15) is 9.18 Å². The Kier molecular flexibility index (Phi) is 4.41. The smallest absolute Gasteiger partial charge is 0.259 e. The maximum absolute atomic E-state index is 13.7. The van der Waals surface area contributed by atoms with Crippen molar-refractivity contribution in [1.82, 2.24) is 0 Å². The number of carbonyl (C=O) groups is 1. The lowest BCUT2D eigenvalue weighted by molar-refractivity contribution is 0.0961. The molecule has 1 aromatic heterocycles. The van der Waals surface area contributed by atoms with Crippen LogP contribution >= 0.6 is 32.9 Å². The molecular formula is C20H16FNO2S3. The van der Waals surface area contributed by atoms with Crippen LogP contribution in [-0.4, -0.2) is 13.0 Å². The lowest BCUT2D eigenvalue weighted by Gasteiger charge is -2.43. The van der Waals surface area contributed by atoms with Crippen molar-refractivity contribution in [3.8, 4) is 16.9 Å². The Morgan fingerprint density at radius 3 is 2.67 bits per heavy atom. The van der Waals surface area contributed by atoms with Gasteiger partial charge in [0.05, 0.1) is 23.2 Å². The number of methoxy groups -OCH3 is 1. The summed E-state index contributed by atoms with van der Waals surface area (Å²) in [7, 11) is 4.72. The van der Waals surface area contributed by atoms with Crippen molar-refractivity contribution in [3.05, 3.63) is 62.5 Å². The van der Waals surface area contributed by atoms with Crippen LogP contribution in [0.1, 0.15) is 29.1 Å². The highest BCUT2D eigenvalue weighted by Crippen LogP contribution is 2.53. The Hall–Kier alpha value is -2.09. The molecule has 2 heterocycles. The zero-order chi connectivity index (χ0) is 19.3. The van der Waals surface area contributed by atoms with E-state index in [-0.39, 0.29) is 5.91 Å². The average molecular weight is 418 g/mol. The predicted octanol–water partition coefficient (Wildman–Crippen LogP) is 6.25. The third-order valence-electron chi connectivity index (χ3n) is 4.74. The quantitative estimate of drug-likeness (QED) is 0.365. The molecule has 0 aliphatic carbocycles. The molecule has 1 aliphatic rings. The Labute approximate surface area is 169 Å². The van der Waals surface area contributed by atoms with Crippen LogP contribution < -0.4 is 9.64 Å². The monoisotopic (exact) mass is 417 g/mol. The average Bonchev–Trinajstić information content (AvgIpc) is 3.04. The Morgan fingerprint density at radius 1 is 1.19 bits per heavy atom. The number of hydrogen-bond donors (Lipinski definition) is 0. The zero-order valence-electron chi connectivity index (χ0n) is 14.9. The molecule has 0 atom stereocenters. The standard InChI is InChI=1S/C20H16FNO2S3/c1-20(2)17-16(19(25)27-26-17)14-10-13(24-3)7-8-15(14)22(20)18(23)11-5-4-6-12(21)9-11/h4-10H,1-3H3. The van der Waals surface area contributed by atoms with Gasteiger partial charge in [-0.05, 0) is 50.2 Å². The fourth-order valence-corrected chi connectivity index (χ4v) is 6.73. The summed E-state index contributed by atoms with van der Waals surface area (Å²) >= 11 is 5.58. The van der Waals surface area contributed by atoms with Crippen molar-refractivity contribution in [2.75, 3.05) is 12.0 Å². The van der Waals surface area contributed by atoms with Crippen molar-refractivity contribution in [1.29, 1.82) is 0 Å². The minimum Gasteiger partial charge on any atom is -0.497 e. The number of hydrogen-bond acceptors (Lipinski definition) is 5. The number of ether oxygens (including phenoxy) is 1. The predicted molar refractivity (Wildman–Crippen MR) is 111 cm³/mol. The van der Waals surface area contributed by atoms with Gasteiger partial charge in [-0.3, -0.25) is 9.69 Å². The fraction of sp³-hybridized carbons (Fsp3) is 0.200. The highest BCUT2D eigenvalue weighted by atomic mass is 32.9. The van der Waals surface area contributed by atoms with Crippen LogP contribution in [0.4, 0.5) is 10.1 Å². The van der Waals surface area contributed by atoms with Crippen molar-refractivity contribution in [2.24, 2.45) is 0 Å². The summed E-state index contributed by atoms with van der Waals surface area (Å²) < 4.78 is 19.9. The minimum absolute atomic E-state index is 0.249. The second-order valence-electron chi connectivity index (χ2n) is 6.75. The SMILES string of the molecule is COc1ccc2c(c1)-c1c(ssc1=S)C(C)(C)N2C(=O)c1cccc(F)c1. The van der Waals surface area contributed by atoms with Gasteiger partial charge in [0, 0.05) is 16.7 Å². The van der Waals surface area contributed by atoms with Gasteiger partial charge in [0.1, 0.15) is 15.4 Å². The van der Waals surface area contributed by atoms with E-state index in [1.807, 2.05) is 32.0 Å². The summed E-state index contributed by atoms with van der Waals surface area (Å²) in [5, 5.41) is 0. The molecule has 2 aromatic carbocycles. The molecular weight excluding hydrogens is 401 g/mol. The van der Waals surface area contributed by atoms with Gasteiger partial charge in [-0.15, -0.1) is 0 Å². The summed E-state index contributed by atoms with van der Waals surface area (Å²) in [5.41, 5.74) is 2.31. The lowest BCUT2D eigenvalue weighted by Crippen LogP contribution is -2.47. The number of amides is 1. The topological polar surface area (TPSA) is 29.5 Å². The van der Waals surface area contributed by atoms with E-state index in [4.69, 9.17) is 17.0 Å². The van der Waals surface area contributed by atoms with E-state index in [0.717, 1.165) is 25.5 Å². The van der Waals surface area contributed by atoms with E-state index in [0.29, 0.717) is 11.3 Å². The summed E-state index contributed by atoms with van der Waals surface area (Å²) in [4.78, 5) is 16.2. The van der Waals surface area contributed by atoms with E-state index in [2.05, 4.69) is 0 Å². The minimum atomic E-state index is -0.613. The van der Waals surface area contributed by atoms with Crippen LogP contribution in [0.3, 0.4) is 0 Å². The van der Waals surface area contributed by atoms with Crippen molar-refractivity contribution >= 4 is 44.5 Å². The summed E-state index contributed by atoms with van der Waals surface area (Å²) in [6.07, 6.45) is 0. The normalized spacial score (nSPS) is 14.4. The highest BCUT2D eigenvalue weighted by Gasteiger charge is 2.43. The van der Waals surface area contributed by atoms with Crippen molar-refractivity contribution < 1.29 is 13.9 Å². The first-order valence-electron chi connectivity index (χ1n) is 8.26. The van der Waals surface area contributed by atoms with Crippen LogP contribution in [0.5, 0.6) is 5.75 Å². The van der Waals surface area contributed by atoms with E-state index >= 15 is 0 Å². The van der Waals surface area contributed by atoms with Crippen LogP contribution in [0.15, 0.2) is 42.5 Å². The van der Waals surface area contributed by atoms with E-state index in [1.165, 1.54) is 22.5 Å². The molecule has 0 bridgehead atoms. The molecule has 4 rings (SSSR count). The van der Waals surface area contributed by atoms with E-state index in [1.54, 1.807) is 34.5 Å². The summed E-state index contributed by atoms with van der Waals surface area (Å²) in [6.45, 7) is 3.99. The molecule has 0 saturated carbocycles. The maximum atomic E-state index is 13.7. The summed E-state index contributed by atoms with van der Waals surface area (Å²) in [6, 6.07) is 11.4. The second kappa shape index (κ2) is 6.51. The molecule has 27 heavy (non-hydrogen) atoms.